The zero-order chi connectivity index (χ0) is 11.5. The van der Waals surface area contributed by atoms with Crippen LogP contribution in [0.25, 0.3) is 0 Å². The number of amides is 1. The topological polar surface area (TPSA) is 32.3 Å². The Morgan fingerprint density at radius 1 is 1.38 bits per heavy atom. The van der Waals surface area contributed by atoms with E-state index < -0.39 is 0 Å². The summed E-state index contributed by atoms with van der Waals surface area (Å²) in [6, 6.07) is 5.76. The van der Waals surface area contributed by atoms with Crippen LogP contribution in [0.1, 0.15) is 12.0 Å². The van der Waals surface area contributed by atoms with Gasteiger partial charge >= 0.3 is 0 Å². The maximum atomic E-state index is 11.9. The Morgan fingerprint density at radius 3 is 2.94 bits per heavy atom. The van der Waals surface area contributed by atoms with Gasteiger partial charge in [-0.25, -0.2) is 0 Å². The summed E-state index contributed by atoms with van der Waals surface area (Å²) >= 11 is 6.07. The second kappa shape index (κ2) is 4.85. The Kier molecular flexibility index (Phi) is 3.46. The van der Waals surface area contributed by atoms with Crippen molar-refractivity contribution in [2.45, 2.75) is 13.3 Å². The number of aryl methyl sites for hydroxylation is 1. The average molecular weight is 239 g/mol. The molecule has 1 aromatic carbocycles. The van der Waals surface area contributed by atoms with Crippen LogP contribution < -0.4 is 10.2 Å². The average Bonchev–Trinajstić information content (AvgIpc) is 2.47. The summed E-state index contributed by atoms with van der Waals surface area (Å²) in [6.07, 6.45) is 0.547. The molecule has 16 heavy (non-hydrogen) atoms. The number of anilines is 1. The summed E-state index contributed by atoms with van der Waals surface area (Å²) in [6.45, 7) is 4.25. The number of benzene rings is 1. The Labute approximate surface area is 100 Å². The fourth-order valence-electron chi connectivity index (χ4n) is 1.79. The first-order valence-electron chi connectivity index (χ1n) is 5.46. The normalized spacial score (nSPS) is 17.4. The largest absolute Gasteiger partial charge is 0.314 e. The fourth-order valence-corrected chi connectivity index (χ4v) is 1.97. The summed E-state index contributed by atoms with van der Waals surface area (Å²) in [5, 5.41) is 3.92. The molecule has 0 aromatic heterocycles. The predicted octanol–water partition coefficient (Wildman–Crippen LogP) is 1.97. The van der Waals surface area contributed by atoms with Gasteiger partial charge in [-0.2, -0.15) is 0 Å². The van der Waals surface area contributed by atoms with Crippen molar-refractivity contribution < 1.29 is 4.79 Å². The summed E-state index contributed by atoms with van der Waals surface area (Å²) in [7, 11) is 0. The second-order valence-electron chi connectivity index (χ2n) is 3.98. The van der Waals surface area contributed by atoms with Gasteiger partial charge in [-0.3, -0.25) is 4.79 Å². The molecule has 1 saturated heterocycles. The number of rotatable bonds is 1. The van der Waals surface area contributed by atoms with Crippen molar-refractivity contribution in [3.8, 4) is 0 Å². The van der Waals surface area contributed by atoms with E-state index in [2.05, 4.69) is 5.32 Å². The van der Waals surface area contributed by atoms with Gasteiger partial charge in [0, 0.05) is 36.8 Å². The van der Waals surface area contributed by atoms with Gasteiger partial charge in [-0.05, 0) is 24.6 Å². The van der Waals surface area contributed by atoms with Crippen LogP contribution in [0, 0.1) is 6.92 Å². The SMILES string of the molecule is Cc1ccc(N2CCNCCC2=O)cc1Cl. The van der Waals surface area contributed by atoms with E-state index >= 15 is 0 Å². The molecule has 1 aromatic rings. The van der Waals surface area contributed by atoms with Crippen LogP contribution >= 0.6 is 11.6 Å². The van der Waals surface area contributed by atoms with Gasteiger partial charge in [0.15, 0.2) is 0 Å². The lowest BCUT2D eigenvalue weighted by Crippen LogP contribution is -2.32. The van der Waals surface area contributed by atoms with E-state index in [4.69, 9.17) is 11.6 Å². The highest BCUT2D eigenvalue weighted by Crippen LogP contribution is 2.23. The van der Waals surface area contributed by atoms with Crippen molar-refractivity contribution >= 4 is 23.2 Å². The van der Waals surface area contributed by atoms with E-state index in [1.165, 1.54) is 0 Å². The minimum Gasteiger partial charge on any atom is -0.314 e. The third-order valence-corrected chi connectivity index (χ3v) is 3.20. The summed E-state index contributed by atoms with van der Waals surface area (Å²) in [5.41, 5.74) is 1.93. The van der Waals surface area contributed by atoms with Crippen LogP contribution in [-0.4, -0.2) is 25.5 Å². The summed E-state index contributed by atoms with van der Waals surface area (Å²) < 4.78 is 0. The Hall–Kier alpha value is -1.06. The van der Waals surface area contributed by atoms with Crippen LogP contribution in [-0.2, 0) is 4.79 Å². The lowest BCUT2D eigenvalue weighted by atomic mass is 10.2. The minimum absolute atomic E-state index is 0.157. The van der Waals surface area contributed by atoms with Gasteiger partial charge in [-0.1, -0.05) is 17.7 Å². The van der Waals surface area contributed by atoms with Crippen LogP contribution in [0.15, 0.2) is 18.2 Å². The fraction of sp³-hybridized carbons (Fsp3) is 0.417. The number of nitrogens with zero attached hydrogens (tertiary/aromatic N) is 1. The summed E-state index contributed by atoms with van der Waals surface area (Å²) in [5.74, 6) is 0.157. The molecule has 0 radical (unpaired) electrons. The van der Waals surface area contributed by atoms with Crippen LogP contribution in [0.2, 0.25) is 5.02 Å². The van der Waals surface area contributed by atoms with E-state index in [1.54, 1.807) is 4.90 Å². The molecule has 1 aliphatic heterocycles. The van der Waals surface area contributed by atoms with E-state index in [0.29, 0.717) is 18.0 Å². The van der Waals surface area contributed by atoms with Gasteiger partial charge in [0.1, 0.15) is 0 Å². The molecule has 4 heteroatoms. The maximum absolute atomic E-state index is 11.9. The molecule has 0 unspecified atom stereocenters. The highest BCUT2D eigenvalue weighted by atomic mass is 35.5. The third kappa shape index (κ3) is 2.36. The first kappa shape index (κ1) is 11.4. The van der Waals surface area contributed by atoms with Gasteiger partial charge in [0.2, 0.25) is 5.91 Å². The van der Waals surface area contributed by atoms with Crippen molar-refractivity contribution in [2.24, 2.45) is 0 Å². The molecule has 1 aliphatic rings. The summed E-state index contributed by atoms with van der Waals surface area (Å²) in [4.78, 5) is 13.7. The van der Waals surface area contributed by atoms with Crippen molar-refractivity contribution in [2.75, 3.05) is 24.5 Å². The standard InChI is InChI=1S/C12H15ClN2O/c1-9-2-3-10(8-11(9)13)15-7-6-14-5-4-12(15)16/h2-3,8,14H,4-7H2,1H3. The number of nitrogens with one attached hydrogen (secondary N) is 1. The monoisotopic (exact) mass is 238 g/mol. The highest BCUT2D eigenvalue weighted by molar-refractivity contribution is 6.31. The van der Waals surface area contributed by atoms with Crippen LogP contribution in [0.5, 0.6) is 0 Å². The third-order valence-electron chi connectivity index (χ3n) is 2.80. The molecular formula is C12H15ClN2O. The molecule has 1 N–H and O–H groups in total. The van der Waals surface area contributed by atoms with Gasteiger partial charge < -0.3 is 10.2 Å². The maximum Gasteiger partial charge on any atom is 0.228 e. The number of carbonyl (C=O) groups is 1. The number of carbonyl (C=O) groups excluding carboxylic acids is 1. The van der Waals surface area contributed by atoms with E-state index in [1.807, 2.05) is 25.1 Å². The highest BCUT2D eigenvalue weighted by Gasteiger charge is 2.18. The lowest BCUT2D eigenvalue weighted by molar-refractivity contribution is -0.118. The van der Waals surface area contributed by atoms with E-state index in [0.717, 1.165) is 24.3 Å². The van der Waals surface area contributed by atoms with Crippen LogP contribution in [0.3, 0.4) is 0 Å². The zero-order valence-corrected chi connectivity index (χ0v) is 10.0. The number of hydrogen-bond donors (Lipinski definition) is 1. The zero-order valence-electron chi connectivity index (χ0n) is 9.29. The smallest absolute Gasteiger partial charge is 0.228 e. The molecule has 1 heterocycles. The Morgan fingerprint density at radius 2 is 2.19 bits per heavy atom. The quantitative estimate of drug-likeness (QED) is 0.812. The van der Waals surface area contributed by atoms with E-state index in [9.17, 15) is 4.79 Å². The minimum atomic E-state index is 0.157. The van der Waals surface area contributed by atoms with E-state index in [-0.39, 0.29) is 5.91 Å². The molecule has 1 amide bonds. The van der Waals surface area contributed by atoms with Gasteiger partial charge in [0.25, 0.3) is 0 Å². The first-order chi connectivity index (χ1) is 7.68. The predicted molar refractivity (Wildman–Crippen MR) is 66.0 cm³/mol. The van der Waals surface area contributed by atoms with Crippen molar-refractivity contribution in [1.82, 2.24) is 5.32 Å². The molecule has 1 fully saturated rings. The van der Waals surface area contributed by atoms with Crippen molar-refractivity contribution in [1.29, 1.82) is 0 Å². The molecule has 0 aliphatic carbocycles. The molecule has 86 valence electrons. The molecule has 0 saturated carbocycles. The Bertz CT molecular complexity index is 406. The molecular weight excluding hydrogens is 224 g/mol. The molecule has 0 atom stereocenters. The van der Waals surface area contributed by atoms with Gasteiger partial charge in [-0.15, -0.1) is 0 Å². The molecule has 0 spiro atoms. The van der Waals surface area contributed by atoms with Crippen molar-refractivity contribution in [3.05, 3.63) is 28.8 Å². The Balaban J connectivity index is 2.27. The lowest BCUT2D eigenvalue weighted by Gasteiger charge is -2.20. The number of halogens is 1. The molecule has 0 bridgehead atoms. The van der Waals surface area contributed by atoms with Crippen molar-refractivity contribution in [3.63, 3.8) is 0 Å². The number of hydrogen-bond acceptors (Lipinski definition) is 2. The molecule has 3 nitrogen and oxygen atoms in total. The van der Waals surface area contributed by atoms with Crippen LogP contribution in [0.4, 0.5) is 5.69 Å². The molecule has 2 rings (SSSR count). The van der Waals surface area contributed by atoms with Gasteiger partial charge in [0.05, 0.1) is 0 Å². The second-order valence-corrected chi connectivity index (χ2v) is 4.39. The first-order valence-corrected chi connectivity index (χ1v) is 5.83.